The van der Waals surface area contributed by atoms with Gasteiger partial charge in [-0.25, -0.2) is 0 Å². The molecule has 2 N–H and O–H groups in total. The molecule has 0 bridgehead atoms. The number of nitrogens with one attached hydrogen (secondary N) is 2. The molecule has 2 aromatic rings. The highest BCUT2D eigenvalue weighted by Gasteiger charge is 2.14. The van der Waals surface area contributed by atoms with Crippen LogP contribution in [0.3, 0.4) is 0 Å². The molecule has 0 radical (unpaired) electrons. The van der Waals surface area contributed by atoms with Crippen LogP contribution in [0.2, 0.25) is 0 Å². The zero-order valence-electron chi connectivity index (χ0n) is 11.9. The first-order valence-electron chi connectivity index (χ1n) is 6.55. The summed E-state index contributed by atoms with van der Waals surface area (Å²) in [6.45, 7) is 6.54. The van der Waals surface area contributed by atoms with E-state index in [9.17, 15) is 4.79 Å². The van der Waals surface area contributed by atoms with Crippen molar-refractivity contribution in [3.8, 4) is 0 Å². The molecule has 0 atom stereocenters. The van der Waals surface area contributed by atoms with Gasteiger partial charge >= 0.3 is 0 Å². The quantitative estimate of drug-likeness (QED) is 0.876. The summed E-state index contributed by atoms with van der Waals surface area (Å²) in [5.74, 6) is 0.0572. The van der Waals surface area contributed by atoms with Gasteiger partial charge in [-0.1, -0.05) is 12.1 Å². The van der Waals surface area contributed by atoms with Crippen molar-refractivity contribution in [3.63, 3.8) is 0 Å². The van der Waals surface area contributed by atoms with Crippen LogP contribution in [-0.4, -0.2) is 22.6 Å². The van der Waals surface area contributed by atoms with Crippen LogP contribution in [0.4, 0.5) is 11.6 Å². The Morgan fingerprint density at radius 1 is 1.30 bits per heavy atom. The van der Waals surface area contributed by atoms with E-state index in [4.69, 9.17) is 4.52 Å². The molecule has 0 aliphatic carbocycles. The van der Waals surface area contributed by atoms with E-state index in [1.54, 1.807) is 19.2 Å². The molecule has 0 spiro atoms. The molecule has 0 aromatic carbocycles. The average molecular weight is 274 g/mol. The topological polar surface area (TPSA) is 80.0 Å². The minimum atomic E-state index is -0.271. The van der Waals surface area contributed by atoms with Gasteiger partial charge in [0.15, 0.2) is 0 Å². The molecule has 2 heterocycles. The Morgan fingerprint density at radius 2 is 2.10 bits per heavy atom. The van der Waals surface area contributed by atoms with Crippen molar-refractivity contribution in [1.82, 2.24) is 10.1 Å². The van der Waals surface area contributed by atoms with Crippen LogP contribution in [-0.2, 0) is 0 Å². The van der Waals surface area contributed by atoms with Gasteiger partial charge in [0.05, 0.1) is 16.9 Å². The molecule has 0 unspecified atom stereocenters. The SMILES string of the molecule is CCCNc1cc(C)ncc1C(=O)Nc1cc(C)no1. The lowest BCUT2D eigenvalue weighted by molar-refractivity contribution is 0.102. The first-order chi connectivity index (χ1) is 9.60. The maximum absolute atomic E-state index is 12.2. The van der Waals surface area contributed by atoms with E-state index in [2.05, 4.69) is 27.7 Å². The Hall–Kier alpha value is -2.37. The zero-order chi connectivity index (χ0) is 14.5. The average Bonchev–Trinajstić information content (AvgIpc) is 2.81. The second-order valence-corrected chi connectivity index (χ2v) is 4.58. The first kappa shape index (κ1) is 14.0. The summed E-state index contributed by atoms with van der Waals surface area (Å²) in [6, 6.07) is 3.52. The lowest BCUT2D eigenvalue weighted by Gasteiger charge is -2.11. The fourth-order valence-corrected chi connectivity index (χ4v) is 1.75. The molecule has 0 saturated heterocycles. The largest absolute Gasteiger partial charge is 0.384 e. The van der Waals surface area contributed by atoms with Crippen molar-refractivity contribution in [2.75, 3.05) is 17.2 Å². The second kappa shape index (κ2) is 6.18. The Bertz CT molecular complexity index is 607. The van der Waals surface area contributed by atoms with Gasteiger partial charge in [-0.2, -0.15) is 0 Å². The summed E-state index contributed by atoms with van der Waals surface area (Å²) in [5.41, 5.74) is 2.83. The van der Waals surface area contributed by atoms with E-state index in [0.29, 0.717) is 17.1 Å². The Labute approximate surface area is 117 Å². The molecule has 20 heavy (non-hydrogen) atoms. The van der Waals surface area contributed by atoms with Crippen LogP contribution >= 0.6 is 0 Å². The molecule has 2 rings (SSSR count). The minimum Gasteiger partial charge on any atom is -0.384 e. The van der Waals surface area contributed by atoms with Crippen LogP contribution in [0.5, 0.6) is 0 Å². The van der Waals surface area contributed by atoms with E-state index in [0.717, 1.165) is 24.3 Å². The van der Waals surface area contributed by atoms with Crippen LogP contribution in [0.1, 0.15) is 35.1 Å². The Morgan fingerprint density at radius 3 is 2.75 bits per heavy atom. The summed E-state index contributed by atoms with van der Waals surface area (Å²) in [7, 11) is 0. The molecule has 0 saturated carbocycles. The van der Waals surface area contributed by atoms with Crippen molar-refractivity contribution in [3.05, 3.63) is 35.3 Å². The lowest BCUT2D eigenvalue weighted by Crippen LogP contribution is -2.15. The van der Waals surface area contributed by atoms with Gasteiger partial charge in [0.25, 0.3) is 5.91 Å². The van der Waals surface area contributed by atoms with Crippen LogP contribution in [0.15, 0.2) is 22.9 Å². The number of nitrogens with zero attached hydrogens (tertiary/aromatic N) is 2. The van der Waals surface area contributed by atoms with Gasteiger partial charge in [0, 0.05) is 24.5 Å². The first-order valence-corrected chi connectivity index (χ1v) is 6.55. The summed E-state index contributed by atoms with van der Waals surface area (Å²) >= 11 is 0. The molecule has 106 valence electrons. The predicted octanol–water partition coefficient (Wildman–Crippen LogP) is 2.76. The van der Waals surface area contributed by atoms with Crippen molar-refractivity contribution < 1.29 is 9.32 Å². The van der Waals surface area contributed by atoms with E-state index in [1.807, 2.05) is 13.0 Å². The van der Waals surface area contributed by atoms with Gasteiger partial charge in [0.1, 0.15) is 0 Å². The molecule has 1 amide bonds. The van der Waals surface area contributed by atoms with E-state index < -0.39 is 0 Å². The number of aromatic nitrogens is 2. The Balaban J connectivity index is 2.19. The maximum atomic E-state index is 12.2. The molecule has 0 aliphatic heterocycles. The van der Waals surface area contributed by atoms with Crippen LogP contribution in [0, 0.1) is 13.8 Å². The Kier molecular flexibility index (Phi) is 4.34. The van der Waals surface area contributed by atoms with Crippen molar-refractivity contribution in [1.29, 1.82) is 0 Å². The van der Waals surface area contributed by atoms with Gasteiger partial charge in [0.2, 0.25) is 5.88 Å². The third kappa shape index (κ3) is 3.34. The van der Waals surface area contributed by atoms with Gasteiger partial charge < -0.3 is 9.84 Å². The molecule has 6 nitrogen and oxygen atoms in total. The van der Waals surface area contributed by atoms with Crippen LogP contribution in [0.25, 0.3) is 0 Å². The summed E-state index contributed by atoms with van der Waals surface area (Å²) in [6.07, 6.45) is 2.54. The van der Waals surface area contributed by atoms with Gasteiger partial charge in [-0.05, 0) is 26.3 Å². The van der Waals surface area contributed by atoms with E-state index in [1.165, 1.54) is 0 Å². The monoisotopic (exact) mass is 274 g/mol. The summed E-state index contributed by atoms with van der Waals surface area (Å²) in [4.78, 5) is 16.4. The molecular weight excluding hydrogens is 256 g/mol. The number of rotatable bonds is 5. The van der Waals surface area contributed by atoms with Gasteiger partial charge in [-0.3, -0.25) is 15.1 Å². The van der Waals surface area contributed by atoms with E-state index in [-0.39, 0.29) is 5.91 Å². The summed E-state index contributed by atoms with van der Waals surface area (Å²) in [5, 5.41) is 9.62. The number of carbonyl (C=O) groups excluding carboxylic acids is 1. The number of amides is 1. The fraction of sp³-hybridized carbons (Fsp3) is 0.357. The smallest absolute Gasteiger partial charge is 0.261 e. The fourth-order valence-electron chi connectivity index (χ4n) is 1.75. The van der Waals surface area contributed by atoms with Gasteiger partial charge in [-0.15, -0.1) is 0 Å². The molecule has 6 heteroatoms. The zero-order valence-corrected chi connectivity index (χ0v) is 11.9. The molecule has 0 aliphatic rings. The third-order valence-corrected chi connectivity index (χ3v) is 2.72. The number of aryl methyl sites for hydroxylation is 2. The standard InChI is InChI=1S/C14H18N4O2/c1-4-5-15-12-6-9(2)16-8-11(12)14(19)17-13-7-10(3)18-20-13/h6-8H,4-5H2,1-3H3,(H,15,16)(H,17,19). The van der Waals surface area contributed by atoms with Crippen molar-refractivity contribution in [2.24, 2.45) is 0 Å². The van der Waals surface area contributed by atoms with Crippen LogP contribution < -0.4 is 10.6 Å². The van der Waals surface area contributed by atoms with Crippen molar-refractivity contribution in [2.45, 2.75) is 27.2 Å². The number of carbonyl (C=O) groups is 1. The normalized spacial score (nSPS) is 10.3. The lowest BCUT2D eigenvalue weighted by atomic mass is 10.2. The molecular formula is C14H18N4O2. The number of anilines is 2. The number of pyridine rings is 1. The number of hydrogen-bond acceptors (Lipinski definition) is 5. The maximum Gasteiger partial charge on any atom is 0.261 e. The highest BCUT2D eigenvalue weighted by molar-refractivity contribution is 6.07. The minimum absolute atomic E-state index is 0.271. The molecule has 2 aromatic heterocycles. The number of hydrogen-bond donors (Lipinski definition) is 2. The van der Waals surface area contributed by atoms with Crippen molar-refractivity contribution >= 4 is 17.5 Å². The third-order valence-electron chi connectivity index (χ3n) is 2.72. The highest BCUT2D eigenvalue weighted by Crippen LogP contribution is 2.18. The highest BCUT2D eigenvalue weighted by atomic mass is 16.5. The summed E-state index contributed by atoms with van der Waals surface area (Å²) < 4.78 is 4.98. The second-order valence-electron chi connectivity index (χ2n) is 4.58. The predicted molar refractivity (Wildman–Crippen MR) is 76.9 cm³/mol. The van der Waals surface area contributed by atoms with E-state index >= 15 is 0 Å². The molecule has 0 fully saturated rings.